The molecule has 1 aliphatic heterocycles. The van der Waals surface area contributed by atoms with E-state index in [2.05, 4.69) is 20.4 Å². The SMILES string of the molecule is CNC(=O)c1csc2c(C(F)(F)F)cc(N3CCC(OC(=O)NCCOC(F)(F)F)CC3)nc12. The fourth-order valence-corrected chi connectivity index (χ4v) is 4.40. The Hall–Kier alpha value is -2.81. The Morgan fingerprint density at radius 3 is 2.47 bits per heavy atom. The Morgan fingerprint density at radius 2 is 1.88 bits per heavy atom. The van der Waals surface area contributed by atoms with Crippen LogP contribution in [0, 0.1) is 0 Å². The van der Waals surface area contributed by atoms with Crippen LogP contribution < -0.4 is 15.5 Å². The first kappa shape index (κ1) is 25.8. The predicted molar refractivity (Wildman–Crippen MR) is 110 cm³/mol. The van der Waals surface area contributed by atoms with E-state index >= 15 is 0 Å². The van der Waals surface area contributed by atoms with Crippen molar-refractivity contribution in [3.63, 3.8) is 0 Å². The number of thiophene rings is 1. The number of piperidine rings is 1. The minimum atomic E-state index is -4.80. The van der Waals surface area contributed by atoms with Gasteiger partial charge < -0.3 is 20.3 Å². The highest BCUT2D eigenvalue weighted by molar-refractivity contribution is 7.17. The number of carbonyl (C=O) groups is 2. The van der Waals surface area contributed by atoms with E-state index in [4.69, 9.17) is 4.74 Å². The highest BCUT2D eigenvalue weighted by atomic mass is 32.1. The van der Waals surface area contributed by atoms with Crippen LogP contribution >= 0.6 is 11.3 Å². The van der Waals surface area contributed by atoms with Crippen molar-refractivity contribution in [1.82, 2.24) is 15.6 Å². The summed E-state index contributed by atoms with van der Waals surface area (Å²) in [7, 11) is 1.37. The smallest absolute Gasteiger partial charge is 0.446 e. The fraction of sp³-hybridized carbons (Fsp3) is 0.526. The van der Waals surface area contributed by atoms with E-state index in [0.717, 1.165) is 17.4 Å². The number of hydrogen-bond acceptors (Lipinski definition) is 7. The largest absolute Gasteiger partial charge is 0.522 e. The van der Waals surface area contributed by atoms with Crippen molar-refractivity contribution in [1.29, 1.82) is 0 Å². The first-order valence-corrected chi connectivity index (χ1v) is 10.9. The predicted octanol–water partition coefficient (Wildman–Crippen LogP) is 3.91. The van der Waals surface area contributed by atoms with Crippen LogP contribution in [0.4, 0.5) is 37.0 Å². The number of alkyl halides is 6. The average Bonchev–Trinajstić information content (AvgIpc) is 3.18. The maximum atomic E-state index is 13.7. The number of alkyl carbamates (subject to hydrolysis) is 1. The molecular weight excluding hydrogens is 494 g/mol. The highest BCUT2D eigenvalue weighted by Gasteiger charge is 2.36. The van der Waals surface area contributed by atoms with Crippen LogP contribution in [0.3, 0.4) is 0 Å². The van der Waals surface area contributed by atoms with Crippen LogP contribution in [0.15, 0.2) is 11.4 Å². The second-order valence-electron chi connectivity index (χ2n) is 7.24. The molecule has 0 unspecified atom stereocenters. The van der Waals surface area contributed by atoms with Gasteiger partial charge in [-0.1, -0.05) is 0 Å². The lowest BCUT2D eigenvalue weighted by Crippen LogP contribution is -2.40. The van der Waals surface area contributed by atoms with Crippen LogP contribution in [0.2, 0.25) is 0 Å². The number of carbonyl (C=O) groups excluding carboxylic acids is 2. The van der Waals surface area contributed by atoms with E-state index in [0.29, 0.717) is 0 Å². The lowest BCUT2D eigenvalue weighted by molar-refractivity contribution is -0.323. The molecule has 0 radical (unpaired) electrons. The van der Waals surface area contributed by atoms with Crippen molar-refractivity contribution >= 4 is 39.4 Å². The monoisotopic (exact) mass is 514 g/mol. The van der Waals surface area contributed by atoms with Crippen molar-refractivity contribution in [3.8, 4) is 0 Å². The van der Waals surface area contributed by atoms with Crippen molar-refractivity contribution in [2.24, 2.45) is 0 Å². The molecule has 0 aliphatic carbocycles. The summed E-state index contributed by atoms with van der Waals surface area (Å²) in [4.78, 5) is 29.7. The number of hydrogen-bond donors (Lipinski definition) is 2. The van der Waals surface area contributed by atoms with Gasteiger partial charge in [-0.15, -0.1) is 24.5 Å². The summed E-state index contributed by atoms with van der Waals surface area (Å²) in [5.41, 5.74) is -0.904. The van der Waals surface area contributed by atoms with Crippen molar-refractivity contribution < 1.29 is 45.4 Å². The second-order valence-corrected chi connectivity index (χ2v) is 8.12. The average molecular weight is 514 g/mol. The van der Waals surface area contributed by atoms with E-state index in [1.807, 2.05) is 0 Å². The molecule has 0 atom stereocenters. The van der Waals surface area contributed by atoms with E-state index < -0.39 is 49.4 Å². The molecule has 0 saturated carbocycles. The molecule has 8 nitrogen and oxygen atoms in total. The lowest BCUT2D eigenvalue weighted by Gasteiger charge is -2.32. The molecule has 188 valence electrons. The molecule has 1 saturated heterocycles. The van der Waals surface area contributed by atoms with Crippen molar-refractivity contribution in [2.75, 3.05) is 38.2 Å². The van der Waals surface area contributed by atoms with Gasteiger partial charge in [-0.3, -0.25) is 9.53 Å². The third-order valence-corrected chi connectivity index (χ3v) is 5.97. The Balaban J connectivity index is 1.65. The first-order valence-electron chi connectivity index (χ1n) is 10.0. The van der Waals surface area contributed by atoms with Gasteiger partial charge in [0.25, 0.3) is 5.91 Å². The van der Waals surface area contributed by atoms with Gasteiger partial charge in [-0.05, 0) is 6.07 Å². The normalized spacial score (nSPS) is 15.4. The number of nitrogens with zero attached hydrogens (tertiary/aromatic N) is 2. The third-order valence-electron chi connectivity index (χ3n) is 4.96. The maximum absolute atomic E-state index is 13.7. The molecule has 2 N–H and O–H groups in total. The summed E-state index contributed by atoms with van der Waals surface area (Å²) in [6.45, 7) is -0.752. The van der Waals surface area contributed by atoms with Gasteiger partial charge >= 0.3 is 18.6 Å². The molecule has 2 amide bonds. The number of ether oxygens (including phenoxy) is 2. The molecule has 1 fully saturated rings. The van der Waals surface area contributed by atoms with Crippen LogP contribution in [0.1, 0.15) is 28.8 Å². The van der Waals surface area contributed by atoms with Crippen LogP contribution in [0.5, 0.6) is 0 Å². The van der Waals surface area contributed by atoms with E-state index in [1.54, 1.807) is 4.90 Å². The number of nitrogens with one attached hydrogen (secondary N) is 2. The number of rotatable bonds is 6. The third kappa shape index (κ3) is 6.40. The van der Waals surface area contributed by atoms with E-state index in [-0.39, 0.29) is 47.5 Å². The molecule has 3 heterocycles. The van der Waals surface area contributed by atoms with Crippen LogP contribution in [0.25, 0.3) is 10.2 Å². The summed E-state index contributed by atoms with van der Waals surface area (Å²) in [5.74, 6) is -0.515. The summed E-state index contributed by atoms with van der Waals surface area (Å²) >= 11 is 0.785. The first-order chi connectivity index (χ1) is 15.9. The zero-order valence-corrected chi connectivity index (χ0v) is 18.5. The maximum Gasteiger partial charge on any atom is 0.522 e. The van der Waals surface area contributed by atoms with Gasteiger partial charge in [-0.2, -0.15) is 13.2 Å². The number of aromatic nitrogens is 1. The number of anilines is 1. The Kier molecular flexibility index (Phi) is 7.75. The Morgan fingerprint density at radius 1 is 1.21 bits per heavy atom. The molecule has 0 aromatic carbocycles. The standard InChI is InChI=1S/C19H20F6N4O4S/c1-26-16(30)11-9-34-15-12(18(20,21)22)8-13(28-14(11)15)29-5-2-10(3-6-29)33-17(31)27-4-7-32-19(23,24)25/h8-10H,2-7H2,1H3,(H,26,30)(H,27,31). The lowest BCUT2D eigenvalue weighted by atomic mass is 10.1. The topological polar surface area (TPSA) is 92.8 Å². The molecule has 2 aromatic rings. The van der Waals surface area contributed by atoms with Crippen molar-refractivity contribution in [2.45, 2.75) is 31.5 Å². The molecule has 2 aromatic heterocycles. The van der Waals surface area contributed by atoms with Gasteiger partial charge in [0.15, 0.2) is 0 Å². The molecule has 0 spiro atoms. The molecule has 0 bridgehead atoms. The summed E-state index contributed by atoms with van der Waals surface area (Å²) in [6.07, 6.45) is -10.4. The van der Waals surface area contributed by atoms with Gasteiger partial charge in [-0.25, -0.2) is 9.78 Å². The van der Waals surface area contributed by atoms with E-state index in [1.165, 1.54) is 12.4 Å². The second kappa shape index (κ2) is 10.2. The number of fused-ring (bicyclic) bond motifs is 1. The van der Waals surface area contributed by atoms with Gasteiger partial charge in [0.1, 0.15) is 11.9 Å². The quantitative estimate of drug-likeness (QED) is 0.449. The highest BCUT2D eigenvalue weighted by Crippen LogP contribution is 2.40. The summed E-state index contributed by atoms with van der Waals surface area (Å²) in [6, 6.07) is 0.932. The summed E-state index contributed by atoms with van der Waals surface area (Å²) in [5, 5.41) is 5.84. The molecule has 3 rings (SSSR count). The fourth-order valence-electron chi connectivity index (χ4n) is 3.38. The molecule has 34 heavy (non-hydrogen) atoms. The number of halogens is 6. The minimum absolute atomic E-state index is 0.0376. The Bertz CT molecular complexity index is 1030. The number of pyridine rings is 1. The van der Waals surface area contributed by atoms with Gasteiger partial charge in [0.05, 0.1) is 28.0 Å². The zero-order chi connectivity index (χ0) is 25.1. The Labute approximate surface area is 193 Å². The molecule has 1 aliphatic rings. The van der Waals surface area contributed by atoms with Crippen LogP contribution in [-0.2, 0) is 15.7 Å². The zero-order valence-electron chi connectivity index (χ0n) is 17.7. The van der Waals surface area contributed by atoms with Gasteiger partial charge in [0.2, 0.25) is 0 Å². The molecule has 15 heteroatoms. The molecular formula is C19H20F6N4O4S. The van der Waals surface area contributed by atoms with Crippen molar-refractivity contribution in [3.05, 3.63) is 22.6 Å². The number of amides is 2. The summed E-state index contributed by atoms with van der Waals surface area (Å²) < 4.78 is 85.3. The van der Waals surface area contributed by atoms with E-state index in [9.17, 15) is 35.9 Å². The minimum Gasteiger partial charge on any atom is -0.446 e. The van der Waals surface area contributed by atoms with Gasteiger partial charge in [0, 0.05) is 44.9 Å². The van der Waals surface area contributed by atoms with Crippen LogP contribution in [-0.4, -0.2) is 62.7 Å².